The van der Waals surface area contributed by atoms with Crippen LogP contribution in [0.15, 0.2) is 27.8 Å². The molecule has 1 aromatic heterocycles. The number of carbonyl (C=O) groups excluding carboxylic acids is 1. The fourth-order valence-corrected chi connectivity index (χ4v) is 2.94. The Morgan fingerprint density at radius 1 is 1.32 bits per heavy atom. The maximum absolute atomic E-state index is 12.3. The van der Waals surface area contributed by atoms with E-state index in [0.29, 0.717) is 25.4 Å². The fourth-order valence-electron chi connectivity index (χ4n) is 2.94. The molecule has 1 unspecified atom stereocenters. The third-order valence-electron chi connectivity index (χ3n) is 4.51. The van der Waals surface area contributed by atoms with E-state index in [1.165, 1.54) is 6.26 Å². The zero-order chi connectivity index (χ0) is 18.4. The highest BCUT2D eigenvalue weighted by atomic mass is 16.5. The summed E-state index contributed by atoms with van der Waals surface area (Å²) in [7, 11) is 3.51. The van der Waals surface area contributed by atoms with Crippen molar-refractivity contribution in [1.29, 1.82) is 0 Å². The summed E-state index contributed by atoms with van der Waals surface area (Å²) in [5.74, 6) is 1.18. The van der Waals surface area contributed by atoms with E-state index >= 15 is 0 Å². The van der Waals surface area contributed by atoms with Crippen molar-refractivity contribution in [3.63, 3.8) is 0 Å². The monoisotopic (exact) mass is 350 g/mol. The number of guanidine groups is 1. The lowest BCUT2D eigenvalue weighted by Crippen LogP contribution is -2.55. The molecule has 25 heavy (non-hydrogen) atoms. The molecule has 0 aromatic carbocycles. The second-order valence-corrected chi connectivity index (χ2v) is 7.28. The first kappa shape index (κ1) is 19.3. The minimum Gasteiger partial charge on any atom is -0.459 e. The van der Waals surface area contributed by atoms with Crippen LogP contribution in [-0.2, 0) is 4.74 Å². The summed E-state index contributed by atoms with van der Waals surface area (Å²) >= 11 is 0. The normalized spacial score (nSPS) is 17.6. The summed E-state index contributed by atoms with van der Waals surface area (Å²) in [5, 5.41) is 3.40. The first-order valence-corrected chi connectivity index (χ1v) is 8.68. The molecule has 1 aliphatic heterocycles. The Morgan fingerprint density at radius 2 is 1.96 bits per heavy atom. The fraction of sp³-hybridized carbons (Fsp3) is 0.667. The Hall–Kier alpha value is -2.02. The number of rotatable bonds is 4. The van der Waals surface area contributed by atoms with Crippen molar-refractivity contribution >= 4 is 11.9 Å². The Kier molecular flexibility index (Phi) is 6.47. The molecule has 1 amide bonds. The van der Waals surface area contributed by atoms with Gasteiger partial charge in [-0.2, -0.15) is 0 Å². The van der Waals surface area contributed by atoms with Crippen molar-refractivity contribution in [1.82, 2.24) is 15.1 Å². The highest BCUT2D eigenvalue weighted by molar-refractivity contribution is 5.91. The molecule has 2 rings (SSSR count). The van der Waals surface area contributed by atoms with E-state index in [0.717, 1.165) is 19.0 Å². The highest BCUT2D eigenvalue weighted by Crippen LogP contribution is 2.21. The molecule has 1 saturated heterocycles. The van der Waals surface area contributed by atoms with Gasteiger partial charge >= 0.3 is 0 Å². The van der Waals surface area contributed by atoms with Crippen molar-refractivity contribution in [2.75, 3.05) is 46.9 Å². The van der Waals surface area contributed by atoms with Gasteiger partial charge in [0.1, 0.15) is 0 Å². The van der Waals surface area contributed by atoms with Crippen molar-refractivity contribution < 1.29 is 13.9 Å². The second-order valence-electron chi connectivity index (χ2n) is 7.28. The van der Waals surface area contributed by atoms with Crippen molar-refractivity contribution in [3.05, 3.63) is 24.2 Å². The molecule has 1 aliphatic rings. The maximum atomic E-state index is 12.3. The minimum atomic E-state index is -0.0558. The van der Waals surface area contributed by atoms with Crippen LogP contribution in [0.3, 0.4) is 0 Å². The molecule has 0 radical (unpaired) electrons. The topological polar surface area (TPSA) is 70.3 Å². The van der Waals surface area contributed by atoms with Crippen LogP contribution in [-0.4, -0.2) is 74.7 Å². The summed E-state index contributed by atoms with van der Waals surface area (Å²) in [6.07, 6.45) is 1.61. The molecule has 0 spiro atoms. The number of methoxy groups -OCH3 is 1. The summed E-state index contributed by atoms with van der Waals surface area (Å²) in [5.41, 5.74) is 0.0504. The number of ether oxygens (including phenoxy) is 1. The molecule has 0 bridgehead atoms. The van der Waals surface area contributed by atoms with Gasteiger partial charge in [0.2, 0.25) is 0 Å². The molecule has 0 aliphatic carbocycles. The molecule has 1 fully saturated rings. The SMILES string of the molecule is CN=C(NCC(OC)C(C)(C)C)N1CCN(C(=O)c2ccco2)CC1. The van der Waals surface area contributed by atoms with E-state index in [4.69, 9.17) is 9.15 Å². The van der Waals surface area contributed by atoms with Crippen LogP contribution in [0.2, 0.25) is 0 Å². The van der Waals surface area contributed by atoms with Crippen LogP contribution in [0.25, 0.3) is 0 Å². The van der Waals surface area contributed by atoms with E-state index in [1.807, 2.05) is 4.90 Å². The molecule has 0 saturated carbocycles. The molecule has 7 heteroatoms. The Morgan fingerprint density at radius 3 is 2.44 bits per heavy atom. The standard InChI is InChI=1S/C18H30N4O3/c1-18(2,3)15(24-5)13-20-17(19-4)22-10-8-21(9-11-22)16(23)14-7-6-12-25-14/h6-7,12,15H,8-11,13H2,1-5H3,(H,19,20). The third kappa shape index (κ3) is 4.98. The number of hydrogen-bond acceptors (Lipinski definition) is 4. The summed E-state index contributed by atoms with van der Waals surface area (Å²) in [6.45, 7) is 9.93. The zero-order valence-electron chi connectivity index (χ0n) is 15.9. The number of furan rings is 1. The predicted molar refractivity (Wildman–Crippen MR) is 97.8 cm³/mol. The quantitative estimate of drug-likeness (QED) is 0.661. The van der Waals surface area contributed by atoms with Gasteiger partial charge in [-0.05, 0) is 17.5 Å². The molecule has 140 valence electrons. The Labute approximate surface area is 150 Å². The van der Waals surface area contributed by atoms with Crippen LogP contribution in [0.5, 0.6) is 0 Å². The van der Waals surface area contributed by atoms with E-state index in [1.54, 1.807) is 26.3 Å². The summed E-state index contributed by atoms with van der Waals surface area (Å²) in [4.78, 5) is 20.7. The van der Waals surface area contributed by atoms with E-state index in [2.05, 4.69) is 36.0 Å². The Balaban J connectivity index is 1.86. The van der Waals surface area contributed by atoms with Gasteiger partial charge in [-0.25, -0.2) is 0 Å². The van der Waals surface area contributed by atoms with E-state index < -0.39 is 0 Å². The van der Waals surface area contributed by atoms with Gasteiger partial charge in [0.25, 0.3) is 5.91 Å². The average molecular weight is 350 g/mol. The predicted octanol–water partition coefficient (Wildman–Crippen LogP) is 1.67. The average Bonchev–Trinajstić information content (AvgIpc) is 3.12. The maximum Gasteiger partial charge on any atom is 0.289 e. The molecule has 1 N–H and O–H groups in total. The van der Waals surface area contributed by atoms with Crippen molar-refractivity contribution in [2.24, 2.45) is 10.4 Å². The molecule has 1 atom stereocenters. The summed E-state index contributed by atoms with van der Waals surface area (Å²) < 4.78 is 10.8. The lowest BCUT2D eigenvalue weighted by atomic mass is 9.89. The van der Waals surface area contributed by atoms with Crippen molar-refractivity contribution in [2.45, 2.75) is 26.9 Å². The first-order chi connectivity index (χ1) is 11.9. The van der Waals surface area contributed by atoms with Gasteiger partial charge < -0.3 is 24.3 Å². The van der Waals surface area contributed by atoms with Gasteiger partial charge in [0.15, 0.2) is 11.7 Å². The lowest BCUT2D eigenvalue weighted by molar-refractivity contribution is 0.0199. The molecule has 2 heterocycles. The molecule has 7 nitrogen and oxygen atoms in total. The van der Waals surface area contributed by atoms with Crippen LogP contribution in [0, 0.1) is 5.41 Å². The largest absolute Gasteiger partial charge is 0.459 e. The lowest BCUT2D eigenvalue weighted by Gasteiger charge is -2.37. The van der Waals surface area contributed by atoms with E-state index in [-0.39, 0.29) is 17.4 Å². The number of nitrogens with one attached hydrogen (secondary N) is 1. The second kappa shape index (κ2) is 8.38. The van der Waals surface area contributed by atoms with Gasteiger partial charge in [-0.15, -0.1) is 0 Å². The van der Waals surface area contributed by atoms with Gasteiger partial charge in [0.05, 0.1) is 12.4 Å². The Bertz CT molecular complexity index is 570. The van der Waals surface area contributed by atoms with Crippen LogP contribution in [0.1, 0.15) is 31.3 Å². The minimum absolute atomic E-state index is 0.0504. The number of amides is 1. The highest BCUT2D eigenvalue weighted by Gasteiger charge is 2.27. The number of aliphatic imine (C=N–C) groups is 1. The van der Waals surface area contributed by atoms with Gasteiger partial charge in [-0.1, -0.05) is 20.8 Å². The third-order valence-corrected chi connectivity index (χ3v) is 4.51. The van der Waals surface area contributed by atoms with E-state index in [9.17, 15) is 4.79 Å². The number of nitrogens with zero attached hydrogens (tertiary/aromatic N) is 3. The summed E-state index contributed by atoms with van der Waals surface area (Å²) in [6, 6.07) is 3.43. The van der Waals surface area contributed by atoms with Crippen molar-refractivity contribution in [3.8, 4) is 0 Å². The van der Waals surface area contributed by atoms with Gasteiger partial charge in [-0.3, -0.25) is 9.79 Å². The van der Waals surface area contributed by atoms with Crippen LogP contribution < -0.4 is 5.32 Å². The zero-order valence-corrected chi connectivity index (χ0v) is 15.9. The molecular weight excluding hydrogens is 320 g/mol. The number of carbonyl (C=O) groups is 1. The molecule has 1 aromatic rings. The van der Waals surface area contributed by atoms with Gasteiger partial charge in [0, 0.05) is 46.9 Å². The number of piperazine rings is 1. The smallest absolute Gasteiger partial charge is 0.289 e. The molecular formula is C18H30N4O3. The first-order valence-electron chi connectivity index (χ1n) is 8.68. The van der Waals surface area contributed by atoms with Crippen LogP contribution >= 0.6 is 0 Å². The number of hydrogen-bond donors (Lipinski definition) is 1. The van der Waals surface area contributed by atoms with Crippen LogP contribution in [0.4, 0.5) is 0 Å².